The van der Waals surface area contributed by atoms with Gasteiger partial charge in [-0.1, -0.05) is 11.3 Å². The predicted molar refractivity (Wildman–Crippen MR) is 80.0 cm³/mol. The molecule has 0 fully saturated rings. The fourth-order valence-electron chi connectivity index (χ4n) is 2.04. The Hall–Kier alpha value is -2.19. The molecule has 0 radical (unpaired) electrons. The van der Waals surface area contributed by atoms with E-state index in [1.165, 1.54) is 11.3 Å². The molecule has 8 heteroatoms. The van der Waals surface area contributed by atoms with E-state index >= 15 is 0 Å². The molecule has 2 heterocycles. The van der Waals surface area contributed by atoms with Crippen LogP contribution in [0.4, 0.5) is 0 Å². The van der Waals surface area contributed by atoms with Crippen molar-refractivity contribution in [1.82, 2.24) is 19.8 Å². The fraction of sp³-hybridized carbons (Fsp3) is 0.308. The first kappa shape index (κ1) is 13.8. The number of rotatable bonds is 5. The number of aromatic nitrogens is 4. The van der Waals surface area contributed by atoms with E-state index in [1.807, 2.05) is 18.2 Å². The third-order valence-electron chi connectivity index (χ3n) is 3.03. The van der Waals surface area contributed by atoms with Gasteiger partial charge in [0.15, 0.2) is 17.3 Å². The van der Waals surface area contributed by atoms with Crippen LogP contribution < -0.4 is 15.2 Å². The van der Waals surface area contributed by atoms with Gasteiger partial charge >= 0.3 is 0 Å². The van der Waals surface area contributed by atoms with Crippen molar-refractivity contribution in [3.8, 4) is 22.9 Å². The normalized spacial score (nSPS) is 11.0. The highest BCUT2D eigenvalue weighted by Crippen LogP contribution is 2.32. The summed E-state index contributed by atoms with van der Waals surface area (Å²) in [6, 6.07) is 5.60. The van der Waals surface area contributed by atoms with Crippen LogP contribution in [0.15, 0.2) is 18.2 Å². The summed E-state index contributed by atoms with van der Waals surface area (Å²) in [6.45, 7) is 0.565. The molecule has 0 aliphatic carbocycles. The minimum atomic E-state index is 0.565. The maximum atomic E-state index is 5.56. The van der Waals surface area contributed by atoms with E-state index in [2.05, 4.69) is 15.3 Å². The smallest absolute Gasteiger partial charge is 0.234 e. The second-order valence-electron chi connectivity index (χ2n) is 4.32. The molecular formula is C13H15N5O2S. The molecular weight excluding hydrogens is 290 g/mol. The third kappa shape index (κ3) is 2.43. The van der Waals surface area contributed by atoms with Gasteiger partial charge in [0.25, 0.3) is 0 Å². The Morgan fingerprint density at radius 2 is 2.00 bits per heavy atom. The van der Waals surface area contributed by atoms with Crippen LogP contribution in [0.2, 0.25) is 0 Å². The monoisotopic (exact) mass is 305 g/mol. The van der Waals surface area contributed by atoms with Gasteiger partial charge in [0.2, 0.25) is 4.96 Å². The summed E-state index contributed by atoms with van der Waals surface area (Å²) in [7, 11) is 3.20. The Balaban J connectivity index is 2.07. The van der Waals surface area contributed by atoms with Crippen molar-refractivity contribution in [3.05, 3.63) is 23.2 Å². The number of hydrogen-bond donors (Lipinski definition) is 1. The van der Waals surface area contributed by atoms with Crippen LogP contribution in [0, 0.1) is 0 Å². The molecule has 1 aromatic carbocycles. The topological polar surface area (TPSA) is 87.6 Å². The molecule has 0 aliphatic rings. The lowest BCUT2D eigenvalue weighted by Crippen LogP contribution is -2.03. The zero-order valence-electron chi connectivity index (χ0n) is 11.7. The van der Waals surface area contributed by atoms with Gasteiger partial charge in [0.05, 0.1) is 14.2 Å². The Kier molecular flexibility index (Phi) is 3.72. The average molecular weight is 305 g/mol. The largest absolute Gasteiger partial charge is 0.493 e. The molecule has 3 rings (SSSR count). The standard InChI is InChI=1S/C13H15N5O2S/c1-19-9-4-3-8(7-10(9)20-2)12-15-16-13-18(12)17-11(21-13)5-6-14/h3-4,7H,5-6,14H2,1-2H3. The van der Waals surface area contributed by atoms with E-state index in [1.54, 1.807) is 18.7 Å². The zero-order valence-corrected chi connectivity index (χ0v) is 12.6. The number of nitrogens with zero attached hydrogens (tertiary/aromatic N) is 4. The van der Waals surface area contributed by atoms with Gasteiger partial charge in [-0.3, -0.25) is 0 Å². The third-order valence-corrected chi connectivity index (χ3v) is 3.99. The number of fused-ring (bicyclic) bond motifs is 1. The number of nitrogens with two attached hydrogens (primary N) is 1. The van der Waals surface area contributed by atoms with E-state index in [0.29, 0.717) is 23.9 Å². The minimum absolute atomic E-state index is 0.565. The van der Waals surface area contributed by atoms with Gasteiger partial charge in [-0.2, -0.15) is 9.61 Å². The molecule has 0 saturated heterocycles. The van der Waals surface area contributed by atoms with Crippen LogP contribution in [-0.2, 0) is 6.42 Å². The lowest BCUT2D eigenvalue weighted by atomic mass is 10.2. The first-order valence-electron chi connectivity index (χ1n) is 6.40. The highest BCUT2D eigenvalue weighted by molar-refractivity contribution is 7.16. The lowest BCUT2D eigenvalue weighted by molar-refractivity contribution is 0.355. The molecule has 0 atom stereocenters. The zero-order chi connectivity index (χ0) is 14.8. The summed E-state index contributed by atoms with van der Waals surface area (Å²) in [6.07, 6.45) is 0.736. The van der Waals surface area contributed by atoms with Crippen molar-refractivity contribution in [2.75, 3.05) is 20.8 Å². The summed E-state index contributed by atoms with van der Waals surface area (Å²) < 4.78 is 12.3. The summed E-state index contributed by atoms with van der Waals surface area (Å²) in [5.41, 5.74) is 6.43. The van der Waals surface area contributed by atoms with Crippen LogP contribution in [0.3, 0.4) is 0 Å². The molecule has 21 heavy (non-hydrogen) atoms. The first-order valence-corrected chi connectivity index (χ1v) is 7.22. The maximum Gasteiger partial charge on any atom is 0.234 e. The molecule has 0 spiro atoms. The van der Waals surface area contributed by atoms with Crippen molar-refractivity contribution in [2.24, 2.45) is 5.73 Å². The number of benzene rings is 1. The summed E-state index contributed by atoms with van der Waals surface area (Å²) in [5.74, 6) is 1.98. The van der Waals surface area contributed by atoms with Gasteiger partial charge in [-0.25, -0.2) is 0 Å². The molecule has 2 aromatic heterocycles. The fourth-order valence-corrected chi connectivity index (χ4v) is 2.88. The average Bonchev–Trinajstić information content (AvgIpc) is 3.06. The lowest BCUT2D eigenvalue weighted by Gasteiger charge is -2.08. The van der Waals surface area contributed by atoms with Crippen molar-refractivity contribution < 1.29 is 9.47 Å². The van der Waals surface area contributed by atoms with E-state index < -0.39 is 0 Å². The number of methoxy groups -OCH3 is 2. The van der Waals surface area contributed by atoms with Crippen molar-refractivity contribution in [3.63, 3.8) is 0 Å². The van der Waals surface area contributed by atoms with Gasteiger partial charge in [-0.05, 0) is 24.7 Å². The van der Waals surface area contributed by atoms with E-state index in [9.17, 15) is 0 Å². The molecule has 2 N–H and O–H groups in total. The summed E-state index contributed by atoms with van der Waals surface area (Å²) in [5, 5.41) is 13.8. The van der Waals surface area contributed by atoms with Gasteiger partial charge in [0, 0.05) is 12.0 Å². The SMILES string of the molecule is COc1ccc(-c2nnc3sc(CCN)nn23)cc1OC. The Bertz CT molecular complexity index is 767. The Morgan fingerprint density at radius 3 is 2.71 bits per heavy atom. The number of hydrogen-bond acceptors (Lipinski definition) is 7. The molecule has 3 aromatic rings. The molecule has 7 nitrogen and oxygen atoms in total. The number of ether oxygens (including phenoxy) is 2. The van der Waals surface area contributed by atoms with Crippen LogP contribution in [0.5, 0.6) is 11.5 Å². The minimum Gasteiger partial charge on any atom is -0.493 e. The van der Waals surface area contributed by atoms with Crippen molar-refractivity contribution in [1.29, 1.82) is 0 Å². The van der Waals surface area contributed by atoms with Gasteiger partial charge in [0.1, 0.15) is 5.01 Å². The maximum absolute atomic E-state index is 5.56. The van der Waals surface area contributed by atoms with E-state index in [-0.39, 0.29) is 0 Å². The predicted octanol–water partition coefficient (Wildman–Crippen LogP) is 1.37. The quantitative estimate of drug-likeness (QED) is 0.766. The Morgan fingerprint density at radius 1 is 1.19 bits per heavy atom. The second-order valence-corrected chi connectivity index (χ2v) is 5.36. The molecule has 0 unspecified atom stereocenters. The van der Waals surface area contributed by atoms with Crippen molar-refractivity contribution in [2.45, 2.75) is 6.42 Å². The second kappa shape index (κ2) is 5.66. The van der Waals surface area contributed by atoms with Crippen LogP contribution >= 0.6 is 11.3 Å². The highest BCUT2D eigenvalue weighted by atomic mass is 32.1. The summed E-state index contributed by atoms with van der Waals surface area (Å²) in [4.78, 5) is 0.753. The van der Waals surface area contributed by atoms with Gasteiger partial charge < -0.3 is 15.2 Å². The van der Waals surface area contributed by atoms with Crippen LogP contribution in [0.25, 0.3) is 16.3 Å². The molecule has 0 bridgehead atoms. The van der Waals surface area contributed by atoms with E-state index in [0.717, 1.165) is 22.0 Å². The van der Waals surface area contributed by atoms with E-state index in [4.69, 9.17) is 15.2 Å². The molecule has 0 saturated carbocycles. The molecule has 110 valence electrons. The Labute approximate surface area is 125 Å². The van der Waals surface area contributed by atoms with Crippen molar-refractivity contribution >= 4 is 16.3 Å². The summed E-state index contributed by atoms with van der Waals surface area (Å²) >= 11 is 1.50. The van der Waals surface area contributed by atoms with Crippen LogP contribution in [-0.4, -0.2) is 40.6 Å². The highest BCUT2D eigenvalue weighted by Gasteiger charge is 2.15. The van der Waals surface area contributed by atoms with Gasteiger partial charge in [-0.15, -0.1) is 10.2 Å². The van der Waals surface area contributed by atoms with Crippen LogP contribution in [0.1, 0.15) is 5.01 Å². The molecule has 0 aliphatic heterocycles. The molecule has 0 amide bonds. The first-order chi connectivity index (χ1) is 10.3.